The Balaban J connectivity index is 3.28. The number of nitrogens with two attached hydrogens (primary N) is 1. The lowest BCUT2D eigenvalue weighted by Crippen LogP contribution is -2.34. The van der Waals surface area contributed by atoms with Gasteiger partial charge in [0, 0.05) is 19.3 Å². The minimum Gasteiger partial charge on any atom is -0.409 e. The monoisotopic (exact) mass is 278 g/mol. The molecular weight excluding hydrogens is 252 g/mol. The molecule has 0 aliphatic carbocycles. The summed E-state index contributed by atoms with van der Waals surface area (Å²) in [5, 5.41) is 12.1. The first-order valence-electron chi connectivity index (χ1n) is 7.05. The van der Waals surface area contributed by atoms with Gasteiger partial charge in [-0.25, -0.2) is 4.98 Å². The fourth-order valence-corrected chi connectivity index (χ4v) is 2.28. The van der Waals surface area contributed by atoms with E-state index in [0.29, 0.717) is 11.8 Å². The van der Waals surface area contributed by atoms with E-state index >= 15 is 0 Å². The Hall–Kier alpha value is -1.78. The van der Waals surface area contributed by atoms with Crippen molar-refractivity contribution in [2.24, 2.45) is 22.7 Å². The molecule has 0 radical (unpaired) electrons. The number of anilines is 1. The molecule has 0 spiro atoms. The van der Waals surface area contributed by atoms with Crippen LogP contribution in [-0.2, 0) is 0 Å². The van der Waals surface area contributed by atoms with Crippen LogP contribution in [0.1, 0.15) is 38.8 Å². The predicted octanol–water partition coefficient (Wildman–Crippen LogP) is 2.60. The van der Waals surface area contributed by atoms with Crippen molar-refractivity contribution in [1.82, 2.24) is 4.98 Å². The van der Waals surface area contributed by atoms with Crippen molar-refractivity contribution >= 4 is 11.7 Å². The second-order valence-corrected chi connectivity index (χ2v) is 6.00. The van der Waals surface area contributed by atoms with Crippen LogP contribution in [0.25, 0.3) is 0 Å². The summed E-state index contributed by atoms with van der Waals surface area (Å²) in [5.74, 6) is 1.93. The van der Waals surface area contributed by atoms with E-state index in [1.807, 2.05) is 13.0 Å². The van der Waals surface area contributed by atoms with Crippen molar-refractivity contribution in [1.29, 1.82) is 0 Å². The van der Waals surface area contributed by atoms with Crippen molar-refractivity contribution in [3.8, 4) is 0 Å². The third-order valence-corrected chi connectivity index (χ3v) is 2.97. The molecule has 1 rings (SSSR count). The third-order valence-electron chi connectivity index (χ3n) is 2.97. The van der Waals surface area contributed by atoms with E-state index in [1.54, 1.807) is 6.20 Å². The van der Waals surface area contributed by atoms with Crippen LogP contribution in [0.15, 0.2) is 17.4 Å². The molecule has 1 aromatic rings. The summed E-state index contributed by atoms with van der Waals surface area (Å²) in [7, 11) is 0. The van der Waals surface area contributed by atoms with Gasteiger partial charge in [0.05, 0.1) is 5.56 Å². The highest BCUT2D eigenvalue weighted by Crippen LogP contribution is 2.22. The molecule has 0 saturated heterocycles. The van der Waals surface area contributed by atoms with Gasteiger partial charge < -0.3 is 15.8 Å². The number of aromatic nitrogens is 1. The molecule has 0 fully saturated rings. The molecule has 0 aliphatic heterocycles. The summed E-state index contributed by atoms with van der Waals surface area (Å²) in [6.45, 7) is 12.4. The van der Waals surface area contributed by atoms with Crippen LogP contribution in [0.4, 0.5) is 5.82 Å². The Kier molecular flexibility index (Phi) is 5.80. The summed E-state index contributed by atoms with van der Waals surface area (Å²) >= 11 is 0. The zero-order valence-corrected chi connectivity index (χ0v) is 13.1. The molecule has 0 aliphatic rings. The van der Waals surface area contributed by atoms with Crippen LogP contribution in [0.2, 0.25) is 0 Å². The third kappa shape index (κ3) is 4.11. The molecule has 0 bridgehead atoms. The van der Waals surface area contributed by atoms with Crippen molar-refractivity contribution in [2.45, 2.75) is 34.6 Å². The lowest BCUT2D eigenvalue weighted by atomic mass is 10.1. The van der Waals surface area contributed by atoms with Crippen LogP contribution in [0, 0.1) is 18.8 Å². The van der Waals surface area contributed by atoms with Crippen LogP contribution in [0.5, 0.6) is 0 Å². The number of nitrogens with zero attached hydrogens (tertiary/aromatic N) is 3. The molecule has 3 N–H and O–H groups in total. The van der Waals surface area contributed by atoms with Crippen molar-refractivity contribution in [3.63, 3.8) is 0 Å². The smallest absolute Gasteiger partial charge is 0.174 e. The SMILES string of the molecule is Cc1ccnc(N(CC(C)C)CC(C)C)c1/C(N)=N/O. The highest BCUT2D eigenvalue weighted by Gasteiger charge is 2.19. The van der Waals surface area contributed by atoms with Gasteiger partial charge in [0.1, 0.15) is 5.82 Å². The van der Waals surface area contributed by atoms with Crippen molar-refractivity contribution in [3.05, 3.63) is 23.4 Å². The molecule has 5 nitrogen and oxygen atoms in total. The number of pyridine rings is 1. The topological polar surface area (TPSA) is 74.7 Å². The molecule has 0 aromatic carbocycles. The number of hydrogen-bond acceptors (Lipinski definition) is 4. The van der Waals surface area contributed by atoms with E-state index in [0.717, 1.165) is 30.0 Å². The standard InChI is InChI=1S/C15H26N4O/c1-10(2)8-19(9-11(3)4)15-13(14(16)18-20)12(5)6-7-17-15/h6-7,10-11,20H,8-9H2,1-5H3,(H2,16,18). The quantitative estimate of drug-likeness (QED) is 0.363. The Morgan fingerprint density at radius 1 is 1.30 bits per heavy atom. The van der Waals surface area contributed by atoms with Gasteiger partial charge >= 0.3 is 0 Å². The van der Waals surface area contributed by atoms with Crippen molar-refractivity contribution < 1.29 is 5.21 Å². The number of oxime groups is 1. The highest BCUT2D eigenvalue weighted by molar-refractivity contribution is 6.02. The van der Waals surface area contributed by atoms with Gasteiger partial charge in [-0.2, -0.15) is 0 Å². The van der Waals surface area contributed by atoms with E-state index in [9.17, 15) is 0 Å². The Morgan fingerprint density at radius 2 is 1.85 bits per heavy atom. The van der Waals surface area contributed by atoms with Crippen LogP contribution < -0.4 is 10.6 Å². The lowest BCUT2D eigenvalue weighted by molar-refractivity contribution is 0.318. The van der Waals surface area contributed by atoms with E-state index in [4.69, 9.17) is 10.9 Å². The Bertz CT molecular complexity index is 459. The number of amidine groups is 1. The number of rotatable bonds is 6. The van der Waals surface area contributed by atoms with E-state index in [-0.39, 0.29) is 5.84 Å². The molecule has 1 aromatic heterocycles. The summed E-state index contributed by atoms with van der Waals surface area (Å²) in [5.41, 5.74) is 7.51. The van der Waals surface area contributed by atoms with Gasteiger partial charge in [-0.1, -0.05) is 32.9 Å². The predicted molar refractivity (Wildman–Crippen MR) is 83.4 cm³/mol. The molecule has 112 valence electrons. The van der Waals surface area contributed by atoms with Gasteiger partial charge in [-0.15, -0.1) is 0 Å². The van der Waals surface area contributed by atoms with Gasteiger partial charge in [-0.3, -0.25) is 0 Å². The molecule has 0 atom stereocenters. The first-order valence-corrected chi connectivity index (χ1v) is 7.05. The molecule has 0 amide bonds. The molecule has 5 heteroatoms. The lowest BCUT2D eigenvalue weighted by Gasteiger charge is -2.29. The number of aryl methyl sites for hydroxylation is 1. The summed E-state index contributed by atoms with van der Waals surface area (Å²) < 4.78 is 0. The summed E-state index contributed by atoms with van der Waals surface area (Å²) in [4.78, 5) is 6.69. The maximum absolute atomic E-state index is 9.00. The maximum Gasteiger partial charge on any atom is 0.174 e. The number of hydrogen-bond donors (Lipinski definition) is 2. The highest BCUT2D eigenvalue weighted by atomic mass is 16.4. The molecule has 0 unspecified atom stereocenters. The van der Waals surface area contributed by atoms with Gasteiger partial charge in [0.25, 0.3) is 0 Å². The molecular formula is C15H26N4O. The molecule has 0 saturated carbocycles. The van der Waals surface area contributed by atoms with Crippen LogP contribution in [0.3, 0.4) is 0 Å². The van der Waals surface area contributed by atoms with Crippen LogP contribution >= 0.6 is 0 Å². The minimum atomic E-state index is 0.114. The largest absolute Gasteiger partial charge is 0.409 e. The van der Waals surface area contributed by atoms with Gasteiger partial charge in [0.2, 0.25) is 0 Å². The zero-order chi connectivity index (χ0) is 15.3. The average molecular weight is 278 g/mol. The summed E-state index contributed by atoms with van der Waals surface area (Å²) in [6.07, 6.45) is 1.77. The second kappa shape index (κ2) is 7.12. The normalized spacial score (nSPS) is 12.2. The second-order valence-electron chi connectivity index (χ2n) is 6.00. The Morgan fingerprint density at radius 3 is 2.30 bits per heavy atom. The zero-order valence-electron chi connectivity index (χ0n) is 13.1. The average Bonchev–Trinajstić information content (AvgIpc) is 2.35. The fourth-order valence-electron chi connectivity index (χ4n) is 2.28. The van der Waals surface area contributed by atoms with E-state index in [1.165, 1.54) is 0 Å². The first-order chi connectivity index (χ1) is 9.36. The van der Waals surface area contributed by atoms with E-state index < -0.39 is 0 Å². The maximum atomic E-state index is 9.00. The van der Waals surface area contributed by atoms with Crippen LogP contribution in [-0.4, -0.2) is 29.1 Å². The van der Waals surface area contributed by atoms with Gasteiger partial charge in [-0.05, 0) is 30.4 Å². The van der Waals surface area contributed by atoms with Gasteiger partial charge in [0.15, 0.2) is 5.84 Å². The first kappa shape index (κ1) is 16.3. The van der Waals surface area contributed by atoms with E-state index in [2.05, 4.69) is 42.7 Å². The van der Waals surface area contributed by atoms with Crippen molar-refractivity contribution in [2.75, 3.05) is 18.0 Å². The molecule has 1 heterocycles. The minimum absolute atomic E-state index is 0.114. The Labute approximate surface area is 121 Å². The fraction of sp³-hybridized carbons (Fsp3) is 0.600. The molecule has 20 heavy (non-hydrogen) atoms. The summed E-state index contributed by atoms with van der Waals surface area (Å²) in [6, 6.07) is 1.87.